The van der Waals surface area contributed by atoms with E-state index in [9.17, 15) is 0 Å². The summed E-state index contributed by atoms with van der Waals surface area (Å²) in [6.07, 6.45) is 0.911. The Kier molecular flexibility index (Phi) is 3.13. The topological polar surface area (TPSA) is 43.7 Å². The van der Waals surface area contributed by atoms with Gasteiger partial charge in [0.05, 0.1) is 5.69 Å². The Balaban J connectivity index is 2.84. The third-order valence-electron chi connectivity index (χ3n) is 1.88. The number of hydrogen-bond donors (Lipinski definition) is 2. The summed E-state index contributed by atoms with van der Waals surface area (Å²) in [4.78, 5) is 0. The molecule has 0 aliphatic heterocycles. The summed E-state index contributed by atoms with van der Waals surface area (Å²) in [5.74, 6) is 0. The van der Waals surface area contributed by atoms with Crippen molar-refractivity contribution in [3.63, 3.8) is 0 Å². The fourth-order valence-corrected chi connectivity index (χ4v) is 1.40. The highest BCUT2D eigenvalue weighted by atomic mass is 16.8. The molecular weight excluding hydrogens is 178 g/mol. The van der Waals surface area contributed by atoms with Crippen molar-refractivity contribution in [2.24, 2.45) is 5.41 Å². The van der Waals surface area contributed by atoms with E-state index in [1.807, 2.05) is 12.1 Å². The highest BCUT2D eigenvalue weighted by Crippen LogP contribution is 2.22. The number of rotatable bonds is 2. The first-order valence-electron chi connectivity index (χ1n) is 4.65. The molecule has 0 fully saturated rings. The molecule has 3 heteroatoms. The molecule has 0 heterocycles. The lowest BCUT2D eigenvalue weighted by atomic mass is 9.88. The maximum atomic E-state index is 8.84. The summed E-state index contributed by atoms with van der Waals surface area (Å²) in [5, 5.41) is 17.8. The van der Waals surface area contributed by atoms with E-state index in [4.69, 9.17) is 10.4 Å². The minimum atomic E-state index is 0.145. The Morgan fingerprint density at radius 2 is 1.86 bits per heavy atom. The number of nitrogens with zero attached hydrogens (tertiary/aromatic N) is 1. The molecule has 0 saturated heterocycles. The lowest BCUT2D eigenvalue weighted by molar-refractivity contribution is 0.0291. The van der Waals surface area contributed by atoms with Crippen LogP contribution in [0.25, 0.3) is 0 Å². The smallest absolute Gasteiger partial charge is 0.0945 e. The van der Waals surface area contributed by atoms with Gasteiger partial charge in [-0.3, -0.25) is 10.4 Å². The average Bonchev–Trinajstić information content (AvgIpc) is 2.01. The van der Waals surface area contributed by atoms with E-state index in [1.54, 1.807) is 12.1 Å². The van der Waals surface area contributed by atoms with Crippen LogP contribution < -0.4 is 5.23 Å². The maximum absolute atomic E-state index is 8.84. The Hall–Kier alpha value is -1.06. The average molecular weight is 195 g/mol. The van der Waals surface area contributed by atoms with Crippen LogP contribution >= 0.6 is 0 Å². The van der Waals surface area contributed by atoms with Crippen molar-refractivity contribution in [2.75, 3.05) is 5.23 Å². The Morgan fingerprint density at radius 1 is 1.21 bits per heavy atom. The van der Waals surface area contributed by atoms with Gasteiger partial charge in [0.15, 0.2) is 0 Å². The third kappa shape index (κ3) is 3.36. The van der Waals surface area contributed by atoms with E-state index >= 15 is 0 Å². The number of hydrogen-bond acceptors (Lipinski definition) is 3. The van der Waals surface area contributed by atoms with Crippen molar-refractivity contribution in [3.05, 3.63) is 29.8 Å². The minimum Gasteiger partial charge on any atom is -0.264 e. The molecule has 0 aliphatic rings. The highest BCUT2D eigenvalue weighted by Gasteiger charge is 2.11. The van der Waals surface area contributed by atoms with Gasteiger partial charge in [-0.15, -0.1) is 5.23 Å². The monoisotopic (exact) mass is 195 g/mol. The first kappa shape index (κ1) is 11.0. The molecular formula is C11H17NO2. The summed E-state index contributed by atoms with van der Waals surface area (Å²) in [6.45, 7) is 6.44. The summed E-state index contributed by atoms with van der Waals surface area (Å²) < 4.78 is 0. The van der Waals surface area contributed by atoms with E-state index < -0.39 is 0 Å². The first-order chi connectivity index (χ1) is 6.38. The van der Waals surface area contributed by atoms with Crippen LogP contribution in [-0.4, -0.2) is 10.4 Å². The van der Waals surface area contributed by atoms with Crippen LogP contribution in [0.15, 0.2) is 24.3 Å². The zero-order valence-corrected chi connectivity index (χ0v) is 8.86. The van der Waals surface area contributed by atoms with Crippen LogP contribution in [-0.2, 0) is 6.42 Å². The molecule has 0 unspecified atom stereocenters. The van der Waals surface area contributed by atoms with Crippen molar-refractivity contribution >= 4 is 5.69 Å². The second-order valence-corrected chi connectivity index (χ2v) is 4.70. The highest BCUT2D eigenvalue weighted by molar-refractivity contribution is 5.44. The Labute approximate surface area is 84.5 Å². The number of benzene rings is 1. The maximum Gasteiger partial charge on any atom is 0.0945 e. The molecule has 0 bridgehead atoms. The Morgan fingerprint density at radius 3 is 2.36 bits per heavy atom. The fourth-order valence-electron chi connectivity index (χ4n) is 1.40. The molecule has 0 aromatic heterocycles. The molecule has 78 valence electrons. The first-order valence-corrected chi connectivity index (χ1v) is 4.65. The van der Waals surface area contributed by atoms with Gasteiger partial charge in [0, 0.05) is 0 Å². The molecule has 0 aliphatic carbocycles. The molecule has 1 aromatic rings. The molecule has 3 nitrogen and oxygen atoms in total. The molecule has 0 radical (unpaired) electrons. The second-order valence-electron chi connectivity index (χ2n) is 4.70. The zero-order valence-electron chi connectivity index (χ0n) is 8.86. The predicted octanol–water partition coefficient (Wildman–Crippen LogP) is 2.86. The van der Waals surface area contributed by atoms with Gasteiger partial charge in [0.2, 0.25) is 0 Å². The molecule has 1 rings (SSSR count). The third-order valence-corrected chi connectivity index (χ3v) is 1.88. The quantitative estimate of drug-likeness (QED) is 0.713. The van der Waals surface area contributed by atoms with Crippen LogP contribution in [0.1, 0.15) is 26.3 Å². The molecule has 2 N–H and O–H groups in total. The fraction of sp³-hybridized carbons (Fsp3) is 0.455. The summed E-state index contributed by atoms with van der Waals surface area (Å²) in [7, 11) is 0. The van der Waals surface area contributed by atoms with Crippen molar-refractivity contribution in [1.29, 1.82) is 0 Å². The van der Waals surface area contributed by atoms with Crippen LogP contribution in [0.4, 0.5) is 5.69 Å². The van der Waals surface area contributed by atoms with Gasteiger partial charge in [-0.1, -0.05) is 32.9 Å². The molecule has 0 spiro atoms. The van der Waals surface area contributed by atoms with E-state index in [1.165, 1.54) is 0 Å². The summed E-state index contributed by atoms with van der Waals surface area (Å²) in [6, 6.07) is 7.21. The van der Waals surface area contributed by atoms with Gasteiger partial charge < -0.3 is 0 Å². The van der Waals surface area contributed by atoms with Crippen LogP contribution in [0.2, 0.25) is 0 Å². The summed E-state index contributed by atoms with van der Waals surface area (Å²) >= 11 is 0. The van der Waals surface area contributed by atoms with Crippen molar-refractivity contribution in [2.45, 2.75) is 27.2 Å². The predicted molar refractivity (Wildman–Crippen MR) is 55.7 cm³/mol. The Bertz CT molecular complexity index is 302. The van der Waals surface area contributed by atoms with Gasteiger partial charge in [0.25, 0.3) is 0 Å². The molecule has 0 atom stereocenters. The van der Waals surface area contributed by atoms with Crippen molar-refractivity contribution in [1.82, 2.24) is 0 Å². The van der Waals surface area contributed by atoms with E-state index in [-0.39, 0.29) is 10.6 Å². The summed E-state index contributed by atoms with van der Waals surface area (Å²) in [5.41, 5.74) is 1.70. The van der Waals surface area contributed by atoms with Crippen molar-refractivity contribution < 1.29 is 10.4 Å². The van der Waals surface area contributed by atoms with E-state index in [2.05, 4.69) is 20.8 Å². The molecule has 1 aromatic carbocycles. The van der Waals surface area contributed by atoms with Crippen LogP contribution in [0, 0.1) is 5.41 Å². The van der Waals surface area contributed by atoms with E-state index in [0.717, 1.165) is 12.0 Å². The molecule has 0 saturated carbocycles. The lowest BCUT2D eigenvalue weighted by Gasteiger charge is -2.19. The van der Waals surface area contributed by atoms with Gasteiger partial charge >= 0.3 is 0 Å². The van der Waals surface area contributed by atoms with Crippen molar-refractivity contribution in [3.8, 4) is 0 Å². The second kappa shape index (κ2) is 3.98. The largest absolute Gasteiger partial charge is 0.264 e. The molecule has 0 amide bonds. The van der Waals surface area contributed by atoms with E-state index in [0.29, 0.717) is 5.69 Å². The van der Waals surface area contributed by atoms with Gasteiger partial charge in [-0.2, -0.15) is 0 Å². The normalized spacial score (nSPS) is 11.5. The zero-order chi connectivity index (χ0) is 10.8. The lowest BCUT2D eigenvalue weighted by Crippen LogP contribution is -2.13. The van der Waals surface area contributed by atoms with Gasteiger partial charge in [0.1, 0.15) is 0 Å². The standard InChI is InChI=1S/C11H17NO2/c1-11(2,3)8-9-5-4-6-10(7-9)12(13)14/h4-7,13-14H,8H2,1-3H3. The number of anilines is 1. The molecule has 14 heavy (non-hydrogen) atoms. The van der Waals surface area contributed by atoms with Crippen LogP contribution in [0.3, 0.4) is 0 Å². The van der Waals surface area contributed by atoms with Gasteiger partial charge in [-0.25, -0.2) is 0 Å². The van der Waals surface area contributed by atoms with Crippen LogP contribution in [0.5, 0.6) is 0 Å². The van der Waals surface area contributed by atoms with Gasteiger partial charge in [-0.05, 0) is 29.5 Å². The minimum absolute atomic E-state index is 0.145. The SMILES string of the molecule is CC(C)(C)Cc1cccc(N(O)O)c1.